The van der Waals surface area contributed by atoms with Gasteiger partial charge in [-0.3, -0.25) is 0 Å². The van der Waals surface area contributed by atoms with Gasteiger partial charge < -0.3 is 14.3 Å². The zero-order valence-electron chi connectivity index (χ0n) is 6.07. The Kier molecular flexibility index (Phi) is 2.82. The van der Waals surface area contributed by atoms with Gasteiger partial charge in [-0.25, -0.2) is 9.18 Å². The van der Waals surface area contributed by atoms with Crippen molar-refractivity contribution in [3.63, 3.8) is 0 Å². The van der Waals surface area contributed by atoms with Gasteiger partial charge >= 0.3 is 5.97 Å². The Morgan fingerprint density at radius 1 is 1.83 bits per heavy atom. The summed E-state index contributed by atoms with van der Waals surface area (Å²) in [6.45, 7) is -0.180. The van der Waals surface area contributed by atoms with Crippen LogP contribution in [-0.2, 0) is 16.1 Å². The highest BCUT2D eigenvalue weighted by atomic mass is 19.1. The van der Waals surface area contributed by atoms with Gasteiger partial charge in [-0.1, -0.05) is 0 Å². The molecule has 0 aromatic carbocycles. The van der Waals surface area contributed by atoms with Crippen LogP contribution in [0.2, 0.25) is 0 Å². The highest BCUT2D eigenvalue weighted by Gasteiger charge is 2.15. The molecule has 1 aromatic rings. The molecular formula is C7H7FO4. The van der Waals surface area contributed by atoms with E-state index in [2.05, 4.69) is 4.74 Å². The molecule has 66 valence electrons. The molecular weight excluding hydrogens is 167 g/mol. The number of aliphatic carboxylic acids is 1. The first-order chi connectivity index (χ1) is 5.70. The smallest absolute Gasteiger partial charge is 0.366 e. The summed E-state index contributed by atoms with van der Waals surface area (Å²) >= 11 is 0. The molecule has 0 saturated carbocycles. The Morgan fingerprint density at radius 2 is 2.58 bits per heavy atom. The van der Waals surface area contributed by atoms with Crippen molar-refractivity contribution in [2.75, 3.05) is 0 Å². The molecule has 1 aromatic heterocycles. The average Bonchev–Trinajstić information content (AvgIpc) is 2.51. The van der Waals surface area contributed by atoms with Gasteiger partial charge in [0.2, 0.25) is 0 Å². The lowest BCUT2D eigenvalue weighted by Crippen LogP contribution is -2.17. The lowest BCUT2D eigenvalue weighted by atomic mass is 10.5. The van der Waals surface area contributed by atoms with Crippen LogP contribution in [0, 0.1) is 0 Å². The van der Waals surface area contributed by atoms with Crippen molar-refractivity contribution < 1.29 is 23.4 Å². The maximum Gasteiger partial charge on any atom is 0.366 e. The highest BCUT2D eigenvalue weighted by Crippen LogP contribution is 2.04. The van der Waals surface area contributed by atoms with Gasteiger partial charge in [0.25, 0.3) is 6.36 Å². The monoisotopic (exact) mass is 174 g/mol. The molecule has 0 amide bonds. The minimum atomic E-state index is -2.30. The van der Waals surface area contributed by atoms with E-state index in [1.165, 1.54) is 6.26 Å². The zero-order valence-corrected chi connectivity index (χ0v) is 6.07. The van der Waals surface area contributed by atoms with E-state index >= 15 is 0 Å². The Morgan fingerprint density at radius 3 is 3.08 bits per heavy atom. The Hall–Kier alpha value is -1.36. The minimum absolute atomic E-state index is 0.180. The molecule has 0 bridgehead atoms. The SMILES string of the molecule is O=C(O)C(F)OCc1ccco1. The lowest BCUT2D eigenvalue weighted by Gasteiger charge is -2.01. The van der Waals surface area contributed by atoms with Gasteiger partial charge in [-0.2, -0.15) is 0 Å². The second kappa shape index (κ2) is 3.87. The van der Waals surface area contributed by atoms with Gasteiger partial charge in [-0.05, 0) is 12.1 Å². The summed E-state index contributed by atoms with van der Waals surface area (Å²) < 4.78 is 21.3. The normalized spacial score (nSPS) is 12.8. The number of furan rings is 1. The molecule has 1 N–H and O–H groups in total. The molecule has 1 heterocycles. The van der Waals surface area contributed by atoms with Crippen LogP contribution < -0.4 is 0 Å². The first kappa shape index (κ1) is 8.73. The molecule has 0 aliphatic carbocycles. The predicted molar refractivity (Wildman–Crippen MR) is 36.0 cm³/mol. The largest absolute Gasteiger partial charge is 0.477 e. The third-order valence-corrected chi connectivity index (χ3v) is 1.15. The Balaban J connectivity index is 2.31. The summed E-state index contributed by atoms with van der Waals surface area (Å²) in [5, 5.41) is 8.08. The van der Waals surface area contributed by atoms with Gasteiger partial charge in [-0.15, -0.1) is 0 Å². The highest BCUT2D eigenvalue weighted by molar-refractivity contribution is 5.70. The van der Waals surface area contributed by atoms with Crippen LogP contribution in [0.25, 0.3) is 0 Å². The summed E-state index contributed by atoms with van der Waals surface area (Å²) in [4.78, 5) is 9.93. The summed E-state index contributed by atoms with van der Waals surface area (Å²) in [5.41, 5.74) is 0. The molecule has 1 atom stereocenters. The maximum absolute atomic E-state index is 12.3. The predicted octanol–water partition coefficient (Wildman–Crippen LogP) is 1.18. The van der Waals surface area contributed by atoms with Crippen molar-refractivity contribution >= 4 is 5.97 Å². The van der Waals surface area contributed by atoms with E-state index < -0.39 is 12.3 Å². The van der Waals surface area contributed by atoms with E-state index in [0.29, 0.717) is 5.76 Å². The number of hydrogen-bond donors (Lipinski definition) is 1. The molecule has 1 unspecified atom stereocenters. The lowest BCUT2D eigenvalue weighted by molar-refractivity contribution is -0.165. The fourth-order valence-corrected chi connectivity index (χ4v) is 0.621. The first-order valence-electron chi connectivity index (χ1n) is 3.21. The summed E-state index contributed by atoms with van der Waals surface area (Å²) in [6, 6.07) is 3.17. The molecule has 0 spiro atoms. The third kappa shape index (κ3) is 2.35. The fourth-order valence-electron chi connectivity index (χ4n) is 0.621. The van der Waals surface area contributed by atoms with Crippen molar-refractivity contribution in [3.8, 4) is 0 Å². The van der Waals surface area contributed by atoms with Crippen LogP contribution in [0.15, 0.2) is 22.8 Å². The number of alkyl halides is 1. The third-order valence-electron chi connectivity index (χ3n) is 1.15. The Bertz CT molecular complexity index is 244. The summed E-state index contributed by atoms with van der Waals surface area (Å²) in [6.07, 6.45) is -0.901. The topological polar surface area (TPSA) is 59.7 Å². The van der Waals surface area contributed by atoms with Gasteiger partial charge in [0, 0.05) is 0 Å². The number of carboxylic acids is 1. The molecule has 12 heavy (non-hydrogen) atoms. The van der Waals surface area contributed by atoms with Gasteiger partial charge in [0.05, 0.1) is 6.26 Å². The number of ether oxygens (including phenoxy) is 1. The number of hydrogen-bond acceptors (Lipinski definition) is 3. The van der Waals surface area contributed by atoms with Crippen LogP contribution in [0.3, 0.4) is 0 Å². The van der Waals surface area contributed by atoms with E-state index in [-0.39, 0.29) is 6.61 Å². The molecule has 4 nitrogen and oxygen atoms in total. The molecule has 1 rings (SSSR count). The number of carboxylic acid groups (broad SMARTS) is 1. The van der Waals surface area contributed by atoms with Crippen molar-refractivity contribution in [1.82, 2.24) is 0 Å². The molecule has 0 aliphatic heterocycles. The van der Waals surface area contributed by atoms with Crippen LogP contribution in [0.1, 0.15) is 5.76 Å². The summed E-state index contributed by atoms with van der Waals surface area (Å²) in [5.74, 6) is -1.25. The van der Waals surface area contributed by atoms with Gasteiger partial charge in [0.1, 0.15) is 12.4 Å². The van der Waals surface area contributed by atoms with Crippen LogP contribution >= 0.6 is 0 Å². The fraction of sp³-hybridized carbons (Fsp3) is 0.286. The van der Waals surface area contributed by atoms with Crippen molar-refractivity contribution in [2.45, 2.75) is 13.0 Å². The molecule has 0 fully saturated rings. The molecule has 0 aliphatic rings. The minimum Gasteiger partial charge on any atom is -0.477 e. The van der Waals surface area contributed by atoms with Crippen LogP contribution in [0.5, 0.6) is 0 Å². The summed E-state index contributed by atoms with van der Waals surface area (Å²) in [7, 11) is 0. The second-order valence-electron chi connectivity index (χ2n) is 2.04. The van der Waals surface area contributed by atoms with Crippen molar-refractivity contribution in [2.24, 2.45) is 0 Å². The molecule has 5 heteroatoms. The van der Waals surface area contributed by atoms with Gasteiger partial charge in [0.15, 0.2) is 0 Å². The Labute approximate surface area is 67.6 Å². The second-order valence-corrected chi connectivity index (χ2v) is 2.04. The van der Waals surface area contributed by atoms with E-state index in [1.54, 1.807) is 12.1 Å². The number of carbonyl (C=O) groups is 1. The standard InChI is InChI=1S/C7H7FO4/c8-6(7(9)10)12-4-5-2-1-3-11-5/h1-3,6H,4H2,(H,9,10). The van der Waals surface area contributed by atoms with Crippen molar-refractivity contribution in [3.05, 3.63) is 24.2 Å². The van der Waals surface area contributed by atoms with Crippen LogP contribution in [0.4, 0.5) is 4.39 Å². The maximum atomic E-state index is 12.3. The van der Waals surface area contributed by atoms with E-state index in [4.69, 9.17) is 9.52 Å². The van der Waals surface area contributed by atoms with E-state index in [9.17, 15) is 9.18 Å². The molecule has 0 radical (unpaired) electrons. The van der Waals surface area contributed by atoms with Crippen molar-refractivity contribution in [1.29, 1.82) is 0 Å². The number of halogens is 1. The quantitative estimate of drug-likeness (QED) is 0.744. The van der Waals surface area contributed by atoms with Crippen LogP contribution in [-0.4, -0.2) is 17.4 Å². The van der Waals surface area contributed by atoms with E-state index in [1.807, 2.05) is 0 Å². The zero-order chi connectivity index (χ0) is 8.97. The first-order valence-corrected chi connectivity index (χ1v) is 3.21. The average molecular weight is 174 g/mol. The molecule has 0 saturated heterocycles. The van der Waals surface area contributed by atoms with E-state index in [0.717, 1.165) is 0 Å². The number of rotatable bonds is 4.